The minimum absolute atomic E-state index is 0.216. The predicted molar refractivity (Wildman–Crippen MR) is 83.8 cm³/mol. The van der Waals surface area contributed by atoms with Gasteiger partial charge in [0.2, 0.25) is 0 Å². The number of likely N-dealkylation sites (tertiary alicyclic amines) is 1. The fourth-order valence-electron chi connectivity index (χ4n) is 2.83. The number of nitrogens with zero attached hydrogens (tertiary/aromatic N) is 3. The van der Waals surface area contributed by atoms with Gasteiger partial charge in [-0.25, -0.2) is 0 Å². The highest BCUT2D eigenvalue weighted by Crippen LogP contribution is 2.16. The average Bonchev–Trinajstić information content (AvgIpc) is 3.23. The summed E-state index contributed by atoms with van der Waals surface area (Å²) >= 11 is 0. The van der Waals surface area contributed by atoms with E-state index in [1.54, 1.807) is 7.11 Å². The lowest BCUT2D eigenvalue weighted by Crippen LogP contribution is -2.39. The third-order valence-corrected chi connectivity index (χ3v) is 4.00. The van der Waals surface area contributed by atoms with E-state index in [9.17, 15) is 0 Å². The first-order valence-electron chi connectivity index (χ1n) is 8.10. The lowest BCUT2D eigenvalue weighted by Gasteiger charge is -2.32. The number of aromatic amines is 1. The van der Waals surface area contributed by atoms with Gasteiger partial charge in [-0.05, 0) is 31.5 Å². The van der Waals surface area contributed by atoms with Gasteiger partial charge in [-0.2, -0.15) is 4.98 Å². The number of rotatable bonds is 8. The molecule has 0 aromatic carbocycles. The number of H-pyrrole nitrogens is 1. The normalized spacial score (nSPS) is 19.3. The molecule has 0 amide bonds. The van der Waals surface area contributed by atoms with Crippen molar-refractivity contribution in [2.75, 3.05) is 26.8 Å². The van der Waals surface area contributed by atoms with E-state index < -0.39 is 0 Å². The largest absolute Gasteiger partial charge is 0.384 e. The van der Waals surface area contributed by atoms with Crippen molar-refractivity contribution in [3.8, 4) is 0 Å². The fourth-order valence-corrected chi connectivity index (χ4v) is 2.83. The number of hydrogen-bond donors (Lipinski definition) is 1. The Kier molecular flexibility index (Phi) is 5.79. The molecule has 3 rings (SSSR count). The molecule has 1 aliphatic heterocycles. The maximum absolute atomic E-state index is 5.96. The van der Waals surface area contributed by atoms with Crippen molar-refractivity contribution >= 4 is 0 Å². The second kappa shape index (κ2) is 8.24. The van der Waals surface area contributed by atoms with Crippen LogP contribution in [0, 0.1) is 0 Å². The summed E-state index contributed by atoms with van der Waals surface area (Å²) in [5.74, 6) is 1.21. The zero-order valence-corrected chi connectivity index (χ0v) is 13.5. The van der Waals surface area contributed by atoms with E-state index in [0.29, 0.717) is 31.3 Å². The molecule has 126 valence electrons. The molecule has 1 saturated heterocycles. The molecule has 0 aliphatic carbocycles. The van der Waals surface area contributed by atoms with Gasteiger partial charge in [0.1, 0.15) is 6.61 Å². The van der Waals surface area contributed by atoms with Crippen LogP contribution in [0.2, 0.25) is 0 Å². The van der Waals surface area contributed by atoms with Crippen molar-refractivity contribution in [1.29, 1.82) is 0 Å². The molecular weight excluding hydrogens is 296 g/mol. The molecule has 0 spiro atoms. The van der Waals surface area contributed by atoms with E-state index in [-0.39, 0.29) is 6.10 Å². The molecule has 7 heteroatoms. The van der Waals surface area contributed by atoms with Gasteiger partial charge in [0.25, 0.3) is 5.89 Å². The summed E-state index contributed by atoms with van der Waals surface area (Å²) in [4.78, 5) is 9.98. The standard InChI is InChI=1S/C16H24N4O3/c1-21-9-6-15-18-16(23-19-15)12-22-14-5-3-8-20(11-14)10-13-4-2-7-17-13/h2,4,7,14,17H,3,5-6,8-12H2,1H3. The lowest BCUT2D eigenvalue weighted by atomic mass is 10.1. The molecule has 1 N–H and O–H groups in total. The maximum atomic E-state index is 5.96. The first-order chi connectivity index (χ1) is 11.3. The van der Waals surface area contributed by atoms with Gasteiger partial charge in [0, 0.05) is 38.5 Å². The Balaban J connectivity index is 1.43. The highest BCUT2D eigenvalue weighted by molar-refractivity contribution is 5.03. The van der Waals surface area contributed by atoms with Crippen LogP contribution in [-0.2, 0) is 29.0 Å². The minimum Gasteiger partial charge on any atom is -0.384 e. The Morgan fingerprint density at radius 3 is 3.26 bits per heavy atom. The SMILES string of the molecule is COCCc1noc(COC2CCCN(Cc3ccc[nH]3)C2)n1. The van der Waals surface area contributed by atoms with Crippen LogP contribution in [0.5, 0.6) is 0 Å². The van der Waals surface area contributed by atoms with Crippen molar-refractivity contribution in [3.05, 3.63) is 35.7 Å². The number of aromatic nitrogens is 3. The summed E-state index contributed by atoms with van der Waals surface area (Å²) in [5, 5.41) is 3.92. The summed E-state index contributed by atoms with van der Waals surface area (Å²) in [5.41, 5.74) is 1.24. The molecule has 1 fully saturated rings. The van der Waals surface area contributed by atoms with Gasteiger partial charge in [-0.15, -0.1) is 0 Å². The molecule has 2 aromatic rings. The van der Waals surface area contributed by atoms with E-state index >= 15 is 0 Å². The van der Waals surface area contributed by atoms with Crippen LogP contribution < -0.4 is 0 Å². The molecule has 1 aliphatic rings. The first-order valence-corrected chi connectivity index (χ1v) is 8.10. The second-order valence-electron chi connectivity index (χ2n) is 5.85. The summed E-state index contributed by atoms with van der Waals surface area (Å²) in [7, 11) is 1.66. The third kappa shape index (κ3) is 4.89. The van der Waals surface area contributed by atoms with Crippen molar-refractivity contribution < 1.29 is 14.0 Å². The Hall–Kier alpha value is -1.70. The fraction of sp³-hybridized carbons (Fsp3) is 0.625. The van der Waals surface area contributed by atoms with Gasteiger partial charge >= 0.3 is 0 Å². The summed E-state index contributed by atoms with van der Waals surface area (Å²) in [6.45, 7) is 3.95. The van der Waals surface area contributed by atoms with Crippen LogP contribution in [0.15, 0.2) is 22.9 Å². The Bertz CT molecular complexity index is 570. The Morgan fingerprint density at radius 1 is 1.48 bits per heavy atom. The van der Waals surface area contributed by atoms with E-state index in [1.807, 2.05) is 12.3 Å². The maximum Gasteiger partial charge on any atom is 0.252 e. The molecule has 1 unspecified atom stereocenters. The molecule has 23 heavy (non-hydrogen) atoms. The second-order valence-corrected chi connectivity index (χ2v) is 5.85. The van der Waals surface area contributed by atoms with Gasteiger partial charge < -0.3 is 19.0 Å². The van der Waals surface area contributed by atoms with Crippen molar-refractivity contribution in [2.45, 2.75) is 38.5 Å². The summed E-state index contributed by atoms with van der Waals surface area (Å²) in [6.07, 6.45) is 5.06. The highest BCUT2D eigenvalue weighted by Gasteiger charge is 2.21. The number of piperidine rings is 1. The average molecular weight is 320 g/mol. The zero-order chi connectivity index (χ0) is 15.9. The molecule has 7 nitrogen and oxygen atoms in total. The third-order valence-electron chi connectivity index (χ3n) is 4.00. The summed E-state index contributed by atoms with van der Waals surface area (Å²) < 4.78 is 16.2. The number of nitrogens with one attached hydrogen (secondary N) is 1. The van der Waals surface area contributed by atoms with Gasteiger partial charge in [-0.1, -0.05) is 5.16 Å². The molecule has 3 heterocycles. The molecule has 2 aromatic heterocycles. The van der Waals surface area contributed by atoms with Gasteiger partial charge in [0.05, 0.1) is 12.7 Å². The molecule has 1 atom stereocenters. The molecule has 0 saturated carbocycles. The Labute approximate surface area is 136 Å². The van der Waals surface area contributed by atoms with Crippen molar-refractivity contribution in [2.24, 2.45) is 0 Å². The molecular formula is C16H24N4O3. The lowest BCUT2D eigenvalue weighted by molar-refractivity contribution is -0.0213. The van der Waals surface area contributed by atoms with Gasteiger partial charge in [0.15, 0.2) is 5.82 Å². The van der Waals surface area contributed by atoms with Crippen LogP contribution in [0.25, 0.3) is 0 Å². The van der Waals surface area contributed by atoms with E-state index in [2.05, 4.69) is 26.1 Å². The predicted octanol–water partition coefficient (Wildman–Crippen LogP) is 1.77. The van der Waals surface area contributed by atoms with E-state index in [4.69, 9.17) is 14.0 Å². The smallest absolute Gasteiger partial charge is 0.252 e. The van der Waals surface area contributed by atoms with E-state index in [0.717, 1.165) is 32.5 Å². The number of hydrogen-bond acceptors (Lipinski definition) is 6. The van der Waals surface area contributed by atoms with Crippen LogP contribution in [0.3, 0.4) is 0 Å². The van der Waals surface area contributed by atoms with Crippen molar-refractivity contribution in [1.82, 2.24) is 20.0 Å². The van der Waals surface area contributed by atoms with E-state index in [1.165, 1.54) is 5.69 Å². The minimum atomic E-state index is 0.216. The zero-order valence-electron chi connectivity index (χ0n) is 13.5. The molecule has 0 bridgehead atoms. The van der Waals surface area contributed by atoms with Gasteiger partial charge in [-0.3, -0.25) is 4.90 Å². The van der Waals surface area contributed by atoms with Crippen LogP contribution in [0.4, 0.5) is 0 Å². The highest BCUT2D eigenvalue weighted by atomic mass is 16.5. The van der Waals surface area contributed by atoms with Crippen LogP contribution in [-0.4, -0.2) is 52.9 Å². The number of methoxy groups -OCH3 is 1. The quantitative estimate of drug-likeness (QED) is 0.799. The topological polar surface area (TPSA) is 76.4 Å². The van der Waals surface area contributed by atoms with Crippen LogP contribution in [0.1, 0.15) is 30.3 Å². The number of ether oxygens (including phenoxy) is 2. The molecule has 0 radical (unpaired) electrons. The van der Waals surface area contributed by atoms with Crippen LogP contribution >= 0.6 is 0 Å². The summed E-state index contributed by atoms with van der Waals surface area (Å²) in [6, 6.07) is 4.15. The Morgan fingerprint density at radius 2 is 2.43 bits per heavy atom. The van der Waals surface area contributed by atoms with Crippen molar-refractivity contribution in [3.63, 3.8) is 0 Å². The first kappa shape index (κ1) is 16.2. The monoisotopic (exact) mass is 320 g/mol.